The van der Waals surface area contributed by atoms with Crippen LogP contribution in [0, 0.1) is 5.82 Å². The summed E-state index contributed by atoms with van der Waals surface area (Å²) in [7, 11) is 0. The Labute approximate surface area is 145 Å². The van der Waals surface area contributed by atoms with Crippen LogP contribution in [0.15, 0.2) is 42.5 Å². The van der Waals surface area contributed by atoms with Gasteiger partial charge in [-0.2, -0.15) is 0 Å². The Morgan fingerprint density at radius 1 is 1.04 bits per heavy atom. The molecule has 5 heteroatoms. The predicted octanol–water partition coefficient (Wildman–Crippen LogP) is 3.51. The smallest absolute Gasteiger partial charge is 0.322 e. The molecule has 3 fully saturated rings. The first-order valence-electron chi connectivity index (χ1n) is 8.68. The predicted molar refractivity (Wildman–Crippen MR) is 93.6 cm³/mol. The number of halogens is 1. The van der Waals surface area contributed by atoms with E-state index in [1.807, 2.05) is 12.1 Å². The van der Waals surface area contributed by atoms with E-state index in [2.05, 4.69) is 17.4 Å². The fourth-order valence-corrected chi connectivity index (χ4v) is 4.79. The number of benzene rings is 2. The summed E-state index contributed by atoms with van der Waals surface area (Å²) in [6.45, 7) is 0.958. The fourth-order valence-electron chi connectivity index (χ4n) is 4.79. The largest absolute Gasteiger partial charge is 0.325 e. The van der Waals surface area contributed by atoms with Crippen LogP contribution in [0.2, 0.25) is 0 Å². The molecule has 2 bridgehead atoms. The van der Waals surface area contributed by atoms with Gasteiger partial charge in [0.15, 0.2) is 0 Å². The highest BCUT2D eigenvalue weighted by Crippen LogP contribution is 2.66. The number of hydrogen-bond donors (Lipinski definition) is 2. The minimum absolute atomic E-state index is 0.0944. The third kappa shape index (κ3) is 2.26. The molecule has 25 heavy (non-hydrogen) atoms. The second-order valence-electron chi connectivity index (χ2n) is 7.95. The van der Waals surface area contributed by atoms with E-state index < -0.39 is 0 Å². The number of nitrogens with two attached hydrogens (primary N) is 1. The van der Waals surface area contributed by atoms with Gasteiger partial charge in [-0.3, -0.25) is 0 Å². The minimum Gasteiger partial charge on any atom is -0.325 e. The molecule has 0 spiro atoms. The quantitative estimate of drug-likeness (QED) is 0.881. The van der Waals surface area contributed by atoms with Gasteiger partial charge in [0.1, 0.15) is 5.82 Å². The summed E-state index contributed by atoms with van der Waals surface area (Å²) in [5.41, 5.74) is 10.5. The monoisotopic (exact) mass is 337 g/mol. The standard InChI is InChI=1S/C20H20FN3O/c21-16-4-1-13-8-24(9-14(13)7-16)18(25)23-17-5-2-15(3-6-17)19-10-20(22,11-19)12-19/h1-7H,8-12,22H2,(H,23,25). The lowest BCUT2D eigenvalue weighted by molar-refractivity contribution is -0.0589. The maximum atomic E-state index is 13.3. The molecule has 4 nitrogen and oxygen atoms in total. The third-order valence-corrected chi connectivity index (χ3v) is 6.00. The molecule has 4 aliphatic rings. The first-order valence-corrected chi connectivity index (χ1v) is 8.68. The number of anilines is 1. The molecule has 0 radical (unpaired) electrons. The molecule has 2 aromatic carbocycles. The molecule has 0 atom stereocenters. The lowest BCUT2D eigenvalue weighted by atomic mass is 9.38. The van der Waals surface area contributed by atoms with Crippen molar-refractivity contribution in [2.24, 2.45) is 5.73 Å². The fraction of sp³-hybridized carbons (Fsp3) is 0.350. The molecular weight excluding hydrogens is 317 g/mol. The molecular formula is C20H20FN3O. The summed E-state index contributed by atoms with van der Waals surface area (Å²) in [5.74, 6) is -0.260. The van der Waals surface area contributed by atoms with Crippen molar-refractivity contribution in [3.05, 3.63) is 65.0 Å². The van der Waals surface area contributed by atoms with Crippen molar-refractivity contribution in [1.29, 1.82) is 0 Å². The van der Waals surface area contributed by atoms with Crippen LogP contribution >= 0.6 is 0 Å². The van der Waals surface area contributed by atoms with E-state index in [0.717, 1.165) is 36.1 Å². The number of fused-ring (bicyclic) bond motifs is 1. The van der Waals surface area contributed by atoms with Crippen LogP contribution in [-0.4, -0.2) is 16.5 Å². The molecule has 0 aromatic heterocycles. The molecule has 0 saturated heterocycles. The van der Waals surface area contributed by atoms with E-state index >= 15 is 0 Å². The third-order valence-electron chi connectivity index (χ3n) is 6.00. The highest BCUT2D eigenvalue weighted by Gasteiger charge is 2.66. The molecule has 3 aliphatic carbocycles. The van der Waals surface area contributed by atoms with E-state index in [4.69, 9.17) is 5.73 Å². The van der Waals surface area contributed by atoms with Gasteiger partial charge in [0.2, 0.25) is 0 Å². The van der Waals surface area contributed by atoms with Crippen molar-refractivity contribution in [3.63, 3.8) is 0 Å². The molecule has 1 heterocycles. The van der Waals surface area contributed by atoms with E-state index in [9.17, 15) is 9.18 Å². The molecule has 128 valence electrons. The second-order valence-corrected chi connectivity index (χ2v) is 7.95. The zero-order valence-corrected chi connectivity index (χ0v) is 13.9. The number of carbonyl (C=O) groups excluding carboxylic acids is 1. The Morgan fingerprint density at radius 2 is 1.72 bits per heavy atom. The Morgan fingerprint density at radius 3 is 2.40 bits per heavy atom. The molecule has 1 aliphatic heterocycles. The van der Waals surface area contributed by atoms with Crippen LogP contribution in [0.4, 0.5) is 14.9 Å². The van der Waals surface area contributed by atoms with Crippen LogP contribution in [0.3, 0.4) is 0 Å². The average molecular weight is 337 g/mol. The summed E-state index contributed by atoms with van der Waals surface area (Å²) in [5, 5.41) is 2.94. The van der Waals surface area contributed by atoms with E-state index in [1.165, 1.54) is 17.7 Å². The first kappa shape index (κ1) is 14.9. The van der Waals surface area contributed by atoms with Gasteiger partial charge in [-0.05, 0) is 60.2 Å². The van der Waals surface area contributed by atoms with Gasteiger partial charge in [-0.25, -0.2) is 9.18 Å². The molecule has 0 unspecified atom stereocenters. The molecule has 2 aromatic rings. The molecule has 2 amide bonds. The van der Waals surface area contributed by atoms with Gasteiger partial charge in [-0.15, -0.1) is 0 Å². The molecule has 3 saturated carbocycles. The van der Waals surface area contributed by atoms with Gasteiger partial charge in [-0.1, -0.05) is 18.2 Å². The summed E-state index contributed by atoms with van der Waals surface area (Å²) in [6.07, 6.45) is 3.23. The SMILES string of the molecule is NC12CC(c3ccc(NC(=O)N4Cc5ccc(F)cc5C4)cc3)(C1)C2. The second kappa shape index (κ2) is 4.82. The maximum Gasteiger partial charge on any atom is 0.322 e. The zero-order valence-electron chi connectivity index (χ0n) is 13.9. The zero-order chi connectivity index (χ0) is 17.2. The normalized spacial score (nSPS) is 28.8. The van der Waals surface area contributed by atoms with E-state index in [0.29, 0.717) is 13.1 Å². The Balaban J connectivity index is 1.25. The van der Waals surface area contributed by atoms with Gasteiger partial charge in [0.05, 0.1) is 0 Å². The van der Waals surface area contributed by atoms with Crippen LogP contribution in [0.25, 0.3) is 0 Å². The number of nitrogens with one attached hydrogen (secondary N) is 1. The highest BCUT2D eigenvalue weighted by molar-refractivity contribution is 5.89. The minimum atomic E-state index is -0.260. The Kier molecular flexibility index (Phi) is 2.87. The number of carbonyl (C=O) groups is 1. The van der Waals surface area contributed by atoms with Gasteiger partial charge in [0.25, 0.3) is 0 Å². The van der Waals surface area contributed by atoms with Crippen molar-refractivity contribution < 1.29 is 9.18 Å². The summed E-state index contributed by atoms with van der Waals surface area (Å²) in [4.78, 5) is 14.2. The molecule has 6 rings (SSSR count). The van der Waals surface area contributed by atoms with Gasteiger partial charge in [0, 0.05) is 29.7 Å². The van der Waals surface area contributed by atoms with Crippen LogP contribution in [0.1, 0.15) is 36.0 Å². The maximum absolute atomic E-state index is 13.3. The van der Waals surface area contributed by atoms with Crippen LogP contribution < -0.4 is 11.1 Å². The van der Waals surface area contributed by atoms with Crippen molar-refractivity contribution in [3.8, 4) is 0 Å². The Hall–Kier alpha value is -2.40. The van der Waals surface area contributed by atoms with Crippen molar-refractivity contribution in [2.45, 2.75) is 43.3 Å². The number of hydrogen-bond acceptors (Lipinski definition) is 2. The van der Waals surface area contributed by atoms with Crippen molar-refractivity contribution in [1.82, 2.24) is 4.90 Å². The number of nitrogens with zero attached hydrogens (tertiary/aromatic N) is 1. The number of urea groups is 1. The topological polar surface area (TPSA) is 58.4 Å². The summed E-state index contributed by atoms with van der Waals surface area (Å²) in [6, 6.07) is 12.7. The number of amides is 2. The Bertz CT molecular complexity index is 857. The average Bonchev–Trinajstić information content (AvgIpc) is 2.95. The van der Waals surface area contributed by atoms with E-state index in [1.54, 1.807) is 11.0 Å². The van der Waals surface area contributed by atoms with E-state index in [-0.39, 0.29) is 22.8 Å². The van der Waals surface area contributed by atoms with Crippen LogP contribution in [0.5, 0.6) is 0 Å². The van der Waals surface area contributed by atoms with Gasteiger partial charge >= 0.3 is 6.03 Å². The van der Waals surface area contributed by atoms with Crippen LogP contribution in [-0.2, 0) is 18.5 Å². The lowest BCUT2D eigenvalue weighted by Gasteiger charge is -2.69. The lowest BCUT2D eigenvalue weighted by Crippen LogP contribution is -2.74. The van der Waals surface area contributed by atoms with Crippen molar-refractivity contribution in [2.75, 3.05) is 5.32 Å². The summed E-state index contributed by atoms with van der Waals surface area (Å²) < 4.78 is 13.3. The number of rotatable bonds is 2. The first-order chi connectivity index (χ1) is 11.9. The van der Waals surface area contributed by atoms with Crippen molar-refractivity contribution >= 4 is 11.7 Å². The molecule has 3 N–H and O–H groups in total. The summed E-state index contributed by atoms with van der Waals surface area (Å²) >= 11 is 0. The van der Waals surface area contributed by atoms with Gasteiger partial charge < -0.3 is 16.0 Å². The highest BCUT2D eigenvalue weighted by atomic mass is 19.1.